The molecule has 0 fully saturated rings. The molecule has 0 amide bonds. The quantitative estimate of drug-likeness (QED) is 0.823. The second-order valence-electron chi connectivity index (χ2n) is 4.51. The first-order valence-corrected chi connectivity index (χ1v) is 7.61. The average Bonchev–Trinajstić information content (AvgIpc) is 2.11. The van der Waals surface area contributed by atoms with Crippen LogP contribution in [0.1, 0.15) is 13.8 Å². The number of hydrogen-bond donors (Lipinski definition) is 2. The van der Waals surface area contributed by atoms with Crippen LogP contribution >= 0.6 is 39.9 Å². The minimum absolute atomic E-state index is 0. The van der Waals surface area contributed by atoms with E-state index >= 15 is 0 Å². The lowest BCUT2D eigenvalue weighted by Crippen LogP contribution is -2.45. The second kappa shape index (κ2) is 6.69. The van der Waals surface area contributed by atoms with Gasteiger partial charge in [0.1, 0.15) is 10.7 Å². The summed E-state index contributed by atoms with van der Waals surface area (Å²) in [5, 5.41) is -0.191. The van der Waals surface area contributed by atoms with Gasteiger partial charge in [-0.15, -0.1) is 12.4 Å². The summed E-state index contributed by atoms with van der Waals surface area (Å²) in [4.78, 5) is -0.199. The van der Waals surface area contributed by atoms with E-state index in [0.29, 0.717) is 0 Å². The fourth-order valence-electron chi connectivity index (χ4n) is 1.14. The smallest absolute Gasteiger partial charge is 0.243 e. The van der Waals surface area contributed by atoms with Crippen LogP contribution in [0, 0.1) is 5.82 Å². The van der Waals surface area contributed by atoms with Crippen LogP contribution in [0.15, 0.2) is 21.5 Å². The lowest BCUT2D eigenvalue weighted by molar-refractivity contribution is 0.497. The maximum atomic E-state index is 13.0. The molecule has 0 saturated carbocycles. The van der Waals surface area contributed by atoms with Crippen molar-refractivity contribution in [3.05, 3.63) is 27.4 Å². The van der Waals surface area contributed by atoms with Crippen LogP contribution in [-0.2, 0) is 10.0 Å². The Kier molecular flexibility index (Phi) is 6.72. The third kappa shape index (κ3) is 5.53. The van der Waals surface area contributed by atoms with Crippen molar-refractivity contribution in [2.45, 2.75) is 24.3 Å². The van der Waals surface area contributed by atoms with Gasteiger partial charge in [0.25, 0.3) is 0 Å². The molecule has 0 unspecified atom stereocenters. The van der Waals surface area contributed by atoms with E-state index in [-0.39, 0.29) is 33.3 Å². The van der Waals surface area contributed by atoms with Gasteiger partial charge in [-0.05, 0) is 41.9 Å². The van der Waals surface area contributed by atoms with Gasteiger partial charge in [0.15, 0.2) is 0 Å². The highest BCUT2D eigenvalue weighted by Gasteiger charge is 2.24. The normalized spacial score (nSPS) is 12.1. The molecule has 0 spiro atoms. The zero-order valence-electron chi connectivity index (χ0n) is 10.2. The maximum absolute atomic E-state index is 13.0. The standard InChI is InChI=1S/C10H13BrClFN2O2S.ClH/c1-10(2,14)5-15-18(16,17)9-7(11)3-6(13)4-8(9)12;/h3-4,15H,5,14H2,1-2H3;1H. The summed E-state index contributed by atoms with van der Waals surface area (Å²) in [6.45, 7) is 3.39. The molecule has 1 rings (SSSR count). The van der Waals surface area contributed by atoms with Gasteiger partial charge in [-0.1, -0.05) is 11.6 Å². The van der Waals surface area contributed by atoms with E-state index in [2.05, 4.69) is 20.7 Å². The van der Waals surface area contributed by atoms with Crippen LogP contribution in [-0.4, -0.2) is 20.5 Å². The van der Waals surface area contributed by atoms with Gasteiger partial charge in [0.2, 0.25) is 10.0 Å². The third-order valence-electron chi connectivity index (χ3n) is 1.95. The molecule has 4 nitrogen and oxygen atoms in total. The first-order chi connectivity index (χ1) is 8.03. The van der Waals surface area contributed by atoms with E-state index in [1.807, 2.05) is 0 Å². The van der Waals surface area contributed by atoms with Crippen LogP contribution in [0.4, 0.5) is 4.39 Å². The molecule has 0 aliphatic rings. The largest absolute Gasteiger partial charge is 0.324 e. The minimum Gasteiger partial charge on any atom is -0.324 e. The van der Waals surface area contributed by atoms with Crippen LogP contribution in [0.5, 0.6) is 0 Å². The molecule has 0 saturated heterocycles. The van der Waals surface area contributed by atoms with Crippen molar-refractivity contribution >= 4 is 50.0 Å². The van der Waals surface area contributed by atoms with Crippen molar-refractivity contribution < 1.29 is 12.8 Å². The predicted octanol–water partition coefficient (Wildman–Crippen LogP) is 2.68. The summed E-state index contributed by atoms with van der Waals surface area (Å²) >= 11 is 8.73. The van der Waals surface area contributed by atoms with Crippen molar-refractivity contribution in [2.24, 2.45) is 5.73 Å². The fraction of sp³-hybridized carbons (Fsp3) is 0.400. The Morgan fingerprint density at radius 2 is 2.00 bits per heavy atom. The van der Waals surface area contributed by atoms with Crippen molar-refractivity contribution in [2.75, 3.05) is 6.54 Å². The summed E-state index contributed by atoms with van der Waals surface area (Å²) in [6, 6.07) is 1.97. The summed E-state index contributed by atoms with van der Waals surface area (Å²) in [7, 11) is -3.85. The van der Waals surface area contributed by atoms with Gasteiger partial charge in [-0.25, -0.2) is 17.5 Å². The summed E-state index contributed by atoms with van der Waals surface area (Å²) in [6.07, 6.45) is 0. The van der Waals surface area contributed by atoms with Gasteiger partial charge in [-0.2, -0.15) is 0 Å². The Labute approximate surface area is 131 Å². The van der Waals surface area contributed by atoms with E-state index in [0.717, 1.165) is 12.1 Å². The Balaban J connectivity index is 0.00000324. The summed E-state index contributed by atoms with van der Waals surface area (Å²) in [5.41, 5.74) is 4.99. The Bertz CT molecular complexity index is 538. The number of sulfonamides is 1. The zero-order chi connectivity index (χ0) is 14.1. The molecule has 1 aromatic carbocycles. The van der Waals surface area contributed by atoms with Crippen LogP contribution in [0.3, 0.4) is 0 Å². The van der Waals surface area contributed by atoms with Crippen LogP contribution < -0.4 is 10.5 Å². The fourth-order valence-corrected chi connectivity index (χ4v) is 4.17. The molecule has 1 aromatic rings. The van der Waals surface area contributed by atoms with E-state index in [1.54, 1.807) is 13.8 Å². The molecular formula is C10H14BrCl2FN2O2S. The second-order valence-corrected chi connectivity index (χ2v) is 7.48. The first-order valence-electron chi connectivity index (χ1n) is 4.96. The third-order valence-corrected chi connectivity index (χ3v) is 4.75. The number of nitrogens with two attached hydrogens (primary N) is 1. The molecule has 0 aliphatic heterocycles. The van der Waals surface area contributed by atoms with E-state index < -0.39 is 21.4 Å². The van der Waals surface area contributed by atoms with Crippen molar-refractivity contribution in [3.8, 4) is 0 Å². The number of hydrogen-bond acceptors (Lipinski definition) is 3. The Morgan fingerprint density at radius 1 is 1.47 bits per heavy atom. The molecule has 0 bridgehead atoms. The van der Waals surface area contributed by atoms with Gasteiger partial charge < -0.3 is 5.73 Å². The minimum atomic E-state index is -3.85. The van der Waals surface area contributed by atoms with E-state index in [4.69, 9.17) is 17.3 Å². The molecule has 0 aliphatic carbocycles. The molecule has 9 heteroatoms. The summed E-state index contributed by atoms with van der Waals surface area (Å²) < 4.78 is 39.5. The number of benzene rings is 1. The van der Waals surface area contributed by atoms with Crippen molar-refractivity contribution in [1.82, 2.24) is 4.72 Å². The van der Waals surface area contributed by atoms with Crippen molar-refractivity contribution in [1.29, 1.82) is 0 Å². The highest BCUT2D eigenvalue weighted by molar-refractivity contribution is 9.10. The molecular weight excluding hydrogens is 382 g/mol. The highest BCUT2D eigenvalue weighted by Crippen LogP contribution is 2.30. The molecule has 110 valence electrons. The lowest BCUT2D eigenvalue weighted by atomic mass is 10.1. The Hall–Kier alpha value is 0.0800. The molecule has 0 atom stereocenters. The van der Waals surface area contributed by atoms with Crippen LogP contribution in [0.2, 0.25) is 5.02 Å². The highest BCUT2D eigenvalue weighted by atomic mass is 79.9. The molecule has 0 radical (unpaired) electrons. The first kappa shape index (κ1) is 19.1. The topological polar surface area (TPSA) is 72.2 Å². The number of halogens is 4. The van der Waals surface area contributed by atoms with Gasteiger partial charge in [0.05, 0.1) is 5.02 Å². The molecule has 19 heavy (non-hydrogen) atoms. The SMILES string of the molecule is CC(C)(N)CNS(=O)(=O)c1c(Cl)cc(F)cc1Br.Cl. The summed E-state index contributed by atoms with van der Waals surface area (Å²) in [5.74, 6) is -0.620. The lowest BCUT2D eigenvalue weighted by Gasteiger charge is -2.19. The van der Waals surface area contributed by atoms with Gasteiger partial charge in [0, 0.05) is 16.6 Å². The maximum Gasteiger partial charge on any atom is 0.243 e. The van der Waals surface area contributed by atoms with Gasteiger partial charge >= 0.3 is 0 Å². The number of nitrogens with one attached hydrogen (secondary N) is 1. The molecule has 3 N–H and O–H groups in total. The van der Waals surface area contributed by atoms with E-state index in [1.165, 1.54) is 0 Å². The van der Waals surface area contributed by atoms with E-state index in [9.17, 15) is 12.8 Å². The zero-order valence-corrected chi connectivity index (χ0v) is 14.2. The number of rotatable bonds is 4. The predicted molar refractivity (Wildman–Crippen MR) is 79.8 cm³/mol. The van der Waals surface area contributed by atoms with Crippen LogP contribution in [0.25, 0.3) is 0 Å². The van der Waals surface area contributed by atoms with Gasteiger partial charge in [-0.3, -0.25) is 0 Å². The monoisotopic (exact) mass is 394 g/mol. The Morgan fingerprint density at radius 3 is 2.42 bits per heavy atom. The average molecular weight is 396 g/mol. The van der Waals surface area contributed by atoms with Crippen molar-refractivity contribution in [3.63, 3.8) is 0 Å². The molecule has 0 heterocycles. The molecule has 0 aromatic heterocycles.